The first-order valence-corrected chi connectivity index (χ1v) is 8.22. The van der Waals surface area contributed by atoms with Crippen LogP contribution in [0, 0.1) is 0 Å². The Balaban J connectivity index is 3.31. The van der Waals surface area contributed by atoms with Gasteiger partial charge in [-0.1, -0.05) is 19.9 Å². The van der Waals surface area contributed by atoms with Gasteiger partial charge in [0.2, 0.25) is 10.0 Å². The molecule has 0 spiro atoms. The summed E-state index contributed by atoms with van der Waals surface area (Å²) in [7, 11) is -1.71. The summed E-state index contributed by atoms with van der Waals surface area (Å²) in [5, 5.41) is 0. The number of hydrogen-bond donors (Lipinski definition) is 0. The third-order valence-electron chi connectivity index (χ3n) is 2.83. The molecular weight excluding hydrogens is 262 g/mol. The van der Waals surface area contributed by atoms with E-state index in [1.165, 1.54) is 10.6 Å². The van der Waals surface area contributed by atoms with Crippen LogP contribution in [0.3, 0.4) is 0 Å². The van der Waals surface area contributed by atoms with Crippen molar-refractivity contribution in [1.29, 1.82) is 0 Å². The van der Waals surface area contributed by atoms with Gasteiger partial charge in [0.05, 0.1) is 18.0 Å². The van der Waals surface area contributed by atoms with Gasteiger partial charge < -0.3 is 4.74 Å². The van der Waals surface area contributed by atoms with Crippen molar-refractivity contribution in [1.82, 2.24) is 0 Å². The fourth-order valence-electron chi connectivity index (χ4n) is 1.81. The average molecular weight is 285 g/mol. The smallest absolute Gasteiger partial charge is 0.232 e. The first kappa shape index (κ1) is 15.8. The van der Waals surface area contributed by atoms with E-state index in [2.05, 4.69) is 0 Å². The maximum Gasteiger partial charge on any atom is 0.232 e. The van der Waals surface area contributed by atoms with E-state index >= 15 is 0 Å². The highest BCUT2D eigenvalue weighted by atomic mass is 32.2. The maximum absolute atomic E-state index is 11.7. The van der Waals surface area contributed by atoms with Gasteiger partial charge in [0.25, 0.3) is 0 Å². The third-order valence-corrected chi connectivity index (χ3v) is 4.02. The molecule has 0 aromatic heterocycles. The SMILES string of the molecule is CC(C)Oc1ccc(C(C)C)c(N(C)S(C)(=O)=O)c1. The molecule has 4 nitrogen and oxygen atoms in total. The summed E-state index contributed by atoms with van der Waals surface area (Å²) in [5.74, 6) is 0.928. The van der Waals surface area contributed by atoms with E-state index in [9.17, 15) is 8.42 Å². The topological polar surface area (TPSA) is 46.6 Å². The number of sulfonamides is 1. The molecule has 0 aliphatic carbocycles. The zero-order valence-corrected chi connectivity index (χ0v) is 13.3. The van der Waals surface area contributed by atoms with Crippen molar-refractivity contribution >= 4 is 15.7 Å². The second-order valence-corrected chi connectivity index (χ2v) is 7.29. The lowest BCUT2D eigenvalue weighted by Gasteiger charge is -2.23. The summed E-state index contributed by atoms with van der Waals surface area (Å²) < 4.78 is 30.4. The minimum absolute atomic E-state index is 0.0567. The standard InChI is InChI=1S/C14H23NO3S/c1-10(2)13-8-7-12(18-11(3)4)9-14(13)15(5)19(6,16)17/h7-11H,1-6H3. The van der Waals surface area contributed by atoms with Crippen LogP contribution in [0.2, 0.25) is 0 Å². The van der Waals surface area contributed by atoms with Gasteiger partial charge in [-0.05, 0) is 31.4 Å². The number of hydrogen-bond acceptors (Lipinski definition) is 3. The molecule has 0 unspecified atom stereocenters. The third kappa shape index (κ3) is 4.13. The summed E-state index contributed by atoms with van der Waals surface area (Å²) in [5.41, 5.74) is 1.67. The van der Waals surface area contributed by atoms with Gasteiger partial charge >= 0.3 is 0 Å². The second-order valence-electron chi connectivity index (χ2n) is 5.27. The summed E-state index contributed by atoms with van der Waals surface area (Å²) >= 11 is 0. The molecule has 0 saturated heterocycles. The predicted octanol–water partition coefficient (Wildman–Crippen LogP) is 2.99. The van der Waals surface area contributed by atoms with E-state index in [4.69, 9.17) is 4.74 Å². The molecule has 0 aliphatic heterocycles. The minimum Gasteiger partial charge on any atom is -0.491 e. The molecule has 0 bridgehead atoms. The summed E-state index contributed by atoms with van der Waals surface area (Å²) in [6.45, 7) is 7.96. The summed E-state index contributed by atoms with van der Waals surface area (Å²) in [6.07, 6.45) is 1.26. The van der Waals surface area contributed by atoms with Crippen LogP contribution in [-0.2, 0) is 10.0 Å². The highest BCUT2D eigenvalue weighted by molar-refractivity contribution is 7.92. The number of anilines is 1. The van der Waals surface area contributed by atoms with Gasteiger partial charge in [-0.3, -0.25) is 4.31 Å². The molecule has 0 fully saturated rings. The molecular formula is C14H23NO3S. The Morgan fingerprint density at radius 3 is 2.16 bits per heavy atom. The Hall–Kier alpha value is -1.23. The molecule has 0 amide bonds. The van der Waals surface area contributed by atoms with E-state index in [0.717, 1.165) is 5.56 Å². The van der Waals surface area contributed by atoms with Gasteiger partial charge in [0.1, 0.15) is 5.75 Å². The lowest BCUT2D eigenvalue weighted by molar-refractivity contribution is 0.242. The fourth-order valence-corrected chi connectivity index (χ4v) is 2.32. The Bertz CT molecular complexity index is 536. The summed E-state index contributed by atoms with van der Waals surface area (Å²) in [4.78, 5) is 0. The van der Waals surface area contributed by atoms with Crippen LogP contribution in [-0.4, -0.2) is 27.8 Å². The first-order chi connectivity index (χ1) is 8.62. The second kappa shape index (κ2) is 5.82. The van der Waals surface area contributed by atoms with Crippen molar-refractivity contribution in [3.05, 3.63) is 23.8 Å². The molecule has 0 heterocycles. The minimum atomic E-state index is -3.28. The first-order valence-electron chi connectivity index (χ1n) is 6.37. The molecule has 1 rings (SSSR count). The molecule has 0 aliphatic rings. The largest absolute Gasteiger partial charge is 0.491 e. The van der Waals surface area contributed by atoms with E-state index < -0.39 is 10.0 Å². The number of benzene rings is 1. The number of nitrogens with zero attached hydrogens (tertiary/aromatic N) is 1. The Labute approximate surface area is 116 Å². The van der Waals surface area contributed by atoms with Crippen molar-refractivity contribution in [2.75, 3.05) is 17.6 Å². The number of ether oxygens (including phenoxy) is 1. The fraction of sp³-hybridized carbons (Fsp3) is 0.571. The van der Waals surface area contributed by atoms with Gasteiger partial charge in [0.15, 0.2) is 0 Å². The van der Waals surface area contributed by atoms with Crippen LogP contribution in [0.4, 0.5) is 5.69 Å². The molecule has 1 aromatic carbocycles. The highest BCUT2D eigenvalue weighted by Crippen LogP contribution is 2.32. The Morgan fingerprint density at radius 2 is 1.74 bits per heavy atom. The van der Waals surface area contributed by atoms with E-state index in [1.54, 1.807) is 13.1 Å². The zero-order chi connectivity index (χ0) is 14.8. The lowest BCUT2D eigenvalue weighted by atomic mass is 10.0. The Kier molecular flexibility index (Phi) is 4.85. The van der Waals surface area contributed by atoms with Gasteiger partial charge in [-0.25, -0.2) is 8.42 Å². The molecule has 19 heavy (non-hydrogen) atoms. The van der Waals surface area contributed by atoms with Gasteiger partial charge in [-0.2, -0.15) is 0 Å². The van der Waals surface area contributed by atoms with E-state index in [1.807, 2.05) is 39.8 Å². The summed E-state index contributed by atoms with van der Waals surface area (Å²) in [6, 6.07) is 5.60. The van der Waals surface area contributed by atoms with Crippen LogP contribution >= 0.6 is 0 Å². The van der Waals surface area contributed by atoms with Gasteiger partial charge in [0, 0.05) is 13.1 Å². The quantitative estimate of drug-likeness (QED) is 0.835. The van der Waals surface area contributed by atoms with Gasteiger partial charge in [-0.15, -0.1) is 0 Å². The Morgan fingerprint density at radius 1 is 1.16 bits per heavy atom. The molecule has 0 saturated carbocycles. The molecule has 108 valence electrons. The molecule has 0 radical (unpaired) electrons. The molecule has 5 heteroatoms. The van der Waals surface area contributed by atoms with Crippen molar-refractivity contribution in [2.45, 2.75) is 39.7 Å². The van der Waals surface area contributed by atoms with E-state index in [-0.39, 0.29) is 12.0 Å². The van der Waals surface area contributed by atoms with Crippen molar-refractivity contribution in [3.63, 3.8) is 0 Å². The highest BCUT2D eigenvalue weighted by Gasteiger charge is 2.18. The average Bonchev–Trinajstić information content (AvgIpc) is 2.25. The lowest BCUT2D eigenvalue weighted by Crippen LogP contribution is -2.26. The maximum atomic E-state index is 11.7. The van der Waals surface area contributed by atoms with Crippen LogP contribution in [0.1, 0.15) is 39.2 Å². The van der Waals surface area contributed by atoms with Crippen LogP contribution in [0.5, 0.6) is 5.75 Å². The van der Waals surface area contributed by atoms with Crippen LogP contribution < -0.4 is 9.04 Å². The van der Waals surface area contributed by atoms with Crippen molar-refractivity contribution in [2.24, 2.45) is 0 Å². The van der Waals surface area contributed by atoms with Crippen LogP contribution in [0.15, 0.2) is 18.2 Å². The molecule has 1 aromatic rings. The van der Waals surface area contributed by atoms with Crippen LogP contribution in [0.25, 0.3) is 0 Å². The normalized spacial score (nSPS) is 12.0. The molecule has 0 atom stereocenters. The van der Waals surface area contributed by atoms with Crippen molar-refractivity contribution < 1.29 is 13.2 Å². The predicted molar refractivity (Wildman–Crippen MR) is 79.5 cm³/mol. The van der Waals surface area contributed by atoms with Crippen molar-refractivity contribution in [3.8, 4) is 5.75 Å². The monoisotopic (exact) mass is 285 g/mol. The molecule has 0 N–H and O–H groups in total. The zero-order valence-electron chi connectivity index (χ0n) is 12.5. The number of rotatable bonds is 5. The van der Waals surface area contributed by atoms with E-state index in [0.29, 0.717) is 11.4 Å².